The van der Waals surface area contributed by atoms with Crippen molar-refractivity contribution in [2.75, 3.05) is 13.1 Å². The molecule has 182 valence electrons. The molecule has 2 atom stereocenters. The third-order valence-corrected chi connectivity index (χ3v) is 6.65. The van der Waals surface area contributed by atoms with Gasteiger partial charge in [0.15, 0.2) is 0 Å². The van der Waals surface area contributed by atoms with Crippen LogP contribution in [0.5, 0.6) is 0 Å². The normalized spacial score (nSPS) is 17.7. The number of benzene rings is 1. The topological polar surface area (TPSA) is 188 Å². The van der Waals surface area contributed by atoms with Gasteiger partial charge in [-0.3, -0.25) is 14.9 Å². The molecule has 4 N–H and O–H groups in total. The van der Waals surface area contributed by atoms with E-state index in [1.54, 1.807) is 20.8 Å². The van der Waals surface area contributed by atoms with Gasteiger partial charge in [-0.25, -0.2) is 18.0 Å². The van der Waals surface area contributed by atoms with Gasteiger partial charge in [0, 0.05) is 24.2 Å². The fourth-order valence-corrected chi connectivity index (χ4v) is 4.87. The molecule has 13 nitrogen and oxygen atoms in total. The molecule has 0 bridgehead atoms. The second-order valence-corrected chi connectivity index (χ2v) is 10.4. The summed E-state index contributed by atoms with van der Waals surface area (Å²) in [5.41, 5.74) is -0.834. The van der Waals surface area contributed by atoms with Gasteiger partial charge < -0.3 is 21.1 Å². The van der Waals surface area contributed by atoms with Crippen LogP contribution in [-0.2, 0) is 19.6 Å². The van der Waals surface area contributed by atoms with Crippen LogP contribution in [0.4, 0.5) is 10.5 Å². The van der Waals surface area contributed by atoms with Crippen LogP contribution in [0.1, 0.15) is 33.6 Å². The van der Waals surface area contributed by atoms with Crippen molar-refractivity contribution in [3.63, 3.8) is 0 Å². The molecule has 0 aliphatic carbocycles. The molecule has 2 rings (SSSR count). The maximum absolute atomic E-state index is 13.0. The van der Waals surface area contributed by atoms with Gasteiger partial charge in [0.25, 0.3) is 5.69 Å². The summed E-state index contributed by atoms with van der Waals surface area (Å²) >= 11 is 0. The fourth-order valence-electron chi connectivity index (χ4n) is 3.21. The van der Waals surface area contributed by atoms with Crippen molar-refractivity contribution in [2.24, 2.45) is 0 Å². The number of hydrogen-bond donors (Lipinski definition) is 4. The quantitative estimate of drug-likeness (QED) is 0.301. The zero-order valence-corrected chi connectivity index (χ0v) is 19.2. The summed E-state index contributed by atoms with van der Waals surface area (Å²) in [6.07, 6.45) is 0.538. The first-order valence-electron chi connectivity index (χ1n) is 10.1. The molecule has 2 unspecified atom stereocenters. The van der Waals surface area contributed by atoms with E-state index in [0.29, 0.717) is 6.42 Å². The average molecular weight is 486 g/mol. The van der Waals surface area contributed by atoms with Crippen molar-refractivity contribution in [3.8, 4) is 0 Å². The van der Waals surface area contributed by atoms with Crippen LogP contribution < -0.4 is 16.0 Å². The van der Waals surface area contributed by atoms with Gasteiger partial charge >= 0.3 is 12.0 Å². The predicted molar refractivity (Wildman–Crippen MR) is 116 cm³/mol. The lowest BCUT2D eigenvalue weighted by atomic mass is 10.1. The largest absolute Gasteiger partial charge is 0.480 e. The molecule has 33 heavy (non-hydrogen) atoms. The maximum atomic E-state index is 13.0. The molecule has 1 aromatic carbocycles. The second kappa shape index (κ2) is 10.1. The van der Waals surface area contributed by atoms with Gasteiger partial charge in [-0.05, 0) is 45.7 Å². The first-order valence-corrected chi connectivity index (χ1v) is 11.5. The van der Waals surface area contributed by atoms with Gasteiger partial charge in [-0.15, -0.1) is 0 Å². The summed E-state index contributed by atoms with van der Waals surface area (Å²) in [7, 11) is -4.15. The van der Waals surface area contributed by atoms with E-state index in [2.05, 4.69) is 16.0 Å². The van der Waals surface area contributed by atoms with E-state index in [-0.39, 0.29) is 23.5 Å². The highest BCUT2D eigenvalue weighted by Gasteiger charge is 2.40. The van der Waals surface area contributed by atoms with Gasteiger partial charge in [0.2, 0.25) is 15.9 Å². The maximum Gasteiger partial charge on any atom is 0.328 e. The standard InChI is InChI=1S/C19H27N5O8S/c1-19(2,3)22-18(28)20-11-14(17(26)27)21-16(25)15-5-4-10-23(15)33(31,32)13-8-6-12(7-9-13)24(29)30/h6-9,14-15H,4-5,10-11H2,1-3H3,(H,21,25)(H,26,27)(H2,20,22,28). The molecule has 1 aliphatic rings. The predicted octanol–water partition coefficient (Wildman–Crippen LogP) is 0.415. The van der Waals surface area contributed by atoms with E-state index in [1.165, 1.54) is 0 Å². The zero-order valence-electron chi connectivity index (χ0n) is 18.4. The first-order chi connectivity index (χ1) is 15.2. The number of nitrogens with one attached hydrogen (secondary N) is 3. The molecule has 1 aliphatic heterocycles. The van der Waals surface area contributed by atoms with Gasteiger partial charge in [0.1, 0.15) is 12.1 Å². The lowest BCUT2D eigenvalue weighted by molar-refractivity contribution is -0.384. The lowest BCUT2D eigenvalue weighted by Crippen LogP contribution is -2.55. The second-order valence-electron chi connectivity index (χ2n) is 8.51. The Morgan fingerprint density at radius 2 is 1.85 bits per heavy atom. The van der Waals surface area contributed by atoms with Crippen molar-refractivity contribution < 1.29 is 32.8 Å². The highest BCUT2D eigenvalue weighted by atomic mass is 32.2. The number of carbonyl (C=O) groups is 3. The summed E-state index contributed by atoms with van der Waals surface area (Å²) in [4.78, 5) is 46.1. The summed E-state index contributed by atoms with van der Waals surface area (Å²) in [6, 6.07) is 1.01. The fraction of sp³-hybridized carbons (Fsp3) is 0.526. The van der Waals surface area contributed by atoms with E-state index >= 15 is 0 Å². The van der Waals surface area contributed by atoms with E-state index in [9.17, 15) is 38.0 Å². The third-order valence-electron chi connectivity index (χ3n) is 4.73. The number of aliphatic carboxylic acids is 1. The highest BCUT2D eigenvalue weighted by molar-refractivity contribution is 7.89. The number of carboxylic acids is 1. The molecule has 0 saturated carbocycles. The third kappa shape index (κ3) is 6.86. The van der Waals surface area contributed by atoms with Crippen LogP contribution in [-0.4, -0.2) is 71.4 Å². The van der Waals surface area contributed by atoms with Crippen LogP contribution >= 0.6 is 0 Å². The van der Waals surface area contributed by atoms with Crippen LogP contribution in [0.2, 0.25) is 0 Å². The highest BCUT2D eigenvalue weighted by Crippen LogP contribution is 2.27. The SMILES string of the molecule is CC(C)(C)NC(=O)NCC(NC(=O)C1CCCN1S(=O)(=O)c1ccc([N+](=O)[O-])cc1)C(=O)O. The molecule has 1 heterocycles. The molecule has 0 aromatic heterocycles. The number of nitrogens with zero attached hydrogens (tertiary/aromatic N) is 2. The van der Waals surface area contributed by atoms with E-state index in [1.807, 2.05) is 0 Å². The Bertz CT molecular complexity index is 1020. The summed E-state index contributed by atoms with van der Waals surface area (Å²) < 4.78 is 26.9. The molecule has 1 fully saturated rings. The number of nitro groups is 1. The van der Waals surface area contributed by atoms with Crippen molar-refractivity contribution in [1.82, 2.24) is 20.3 Å². The number of non-ortho nitro benzene ring substituents is 1. The zero-order chi connectivity index (χ0) is 25.0. The van der Waals surface area contributed by atoms with Crippen LogP contribution in [0.15, 0.2) is 29.2 Å². The monoisotopic (exact) mass is 485 g/mol. The van der Waals surface area contributed by atoms with Gasteiger partial charge in [-0.1, -0.05) is 0 Å². The van der Waals surface area contributed by atoms with Gasteiger partial charge in [0.05, 0.1) is 16.4 Å². The molecule has 0 spiro atoms. The first kappa shape index (κ1) is 26.0. The number of sulfonamides is 1. The lowest BCUT2D eigenvalue weighted by Gasteiger charge is -2.25. The smallest absolute Gasteiger partial charge is 0.328 e. The minimum absolute atomic E-state index is 0.0292. The average Bonchev–Trinajstić information content (AvgIpc) is 3.20. The number of carboxylic acid groups (broad SMARTS) is 1. The molecule has 3 amide bonds. The van der Waals surface area contributed by atoms with Crippen molar-refractivity contribution in [1.29, 1.82) is 0 Å². The van der Waals surface area contributed by atoms with E-state index in [4.69, 9.17) is 0 Å². The number of amides is 3. The summed E-state index contributed by atoms with van der Waals surface area (Å²) in [5.74, 6) is -2.22. The van der Waals surface area contributed by atoms with Crippen molar-refractivity contribution in [2.45, 2.75) is 56.1 Å². The van der Waals surface area contributed by atoms with Crippen LogP contribution in [0.3, 0.4) is 0 Å². The Balaban J connectivity index is 2.11. The number of hydrogen-bond acceptors (Lipinski definition) is 7. The molecule has 1 aromatic rings. The minimum Gasteiger partial charge on any atom is -0.480 e. The van der Waals surface area contributed by atoms with Crippen molar-refractivity contribution >= 4 is 33.6 Å². The Labute approximate surface area is 190 Å². The number of carbonyl (C=O) groups excluding carboxylic acids is 2. The number of rotatable bonds is 8. The number of nitro benzene ring substituents is 1. The molecular formula is C19H27N5O8S. The van der Waals surface area contributed by atoms with E-state index < -0.39 is 57.0 Å². The summed E-state index contributed by atoms with van der Waals surface area (Å²) in [5, 5.41) is 27.4. The Hall–Kier alpha value is -3.26. The molecule has 1 saturated heterocycles. The minimum atomic E-state index is -4.15. The number of urea groups is 1. The van der Waals surface area contributed by atoms with Gasteiger partial charge in [-0.2, -0.15) is 4.31 Å². The Kier molecular flexibility index (Phi) is 7.97. The molecule has 14 heteroatoms. The Morgan fingerprint density at radius 1 is 1.24 bits per heavy atom. The van der Waals surface area contributed by atoms with Crippen molar-refractivity contribution in [3.05, 3.63) is 34.4 Å². The van der Waals surface area contributed by atoms with Crippen LogP contribution in [0, 0.1) is 10.1 Å². The van der Waals surface area contributed by atoms with Crippen LogP contribution in [0.25, 0.3) is 0 Å². The molecule has 0 radical (unpaired) electrons. The van der Waals surface area contributed by atoms with E-state index in [0.717, 1.165) is 28.6 Å². The Morgan fingerprint density at radius 3 is 2.36 bits per heavy atom. The molecular weight excluding hydrogens is 458 g/mol. The summed E-state index contributed by atoms with van der Waals surface area (Å²) in [6.45, 7) is 4.83.